The quantitative estimate of drug-likeness (QED) is 0.196. The van der Waals surface area contributed by atoms with Crippen LogP contribution in [0.2, 0.25) is 18.1 Å². The number of azide groups is 1. The van der Waals surface area contributed by atoms with E-state index in [4.69, 9.17) is 14.7 Å². The van der Waals surface area contributed by atoms with E-state index >= 15 is 0 Å². The summed E-state index contributed by atoms with van der Waals surface area (Å²) in [4.78, 5) is 14.7. The third kappa shape index (κ3) is 3.07. The molecule has 1 saturated heterocycles. The van der Waals surface area contributed by atoms with Crippen molar-refractivity contribution >= 4 is 14.3 Å². The second-order valence-electron chi connectivity index (χ2n) is 7.65. The molecule has 0 unspecified atom stereocenters. The molecule has 0 bridgehead atoms. The summed E-state index contributed by atoms with van der Waals surface area (Å²) in [7, 11) is -1.98. The molecule has 122 valence electrons. The number of ether oxygens (including phenoxy) is 1. The lowest BCUT2D eigenvalue weighted by molar-refractivity contribution is -0.153. The highest BCUT2D eigenvalue weighted by Crippen LogP contribution is 2.44. The fourth-order valence-corrected chi connectivity index (χ4v) is 4.09. The summed E-state index contributed by atoms with van der Waals surface area (Å²) in [5.74, 6) is -0.451. The second-order valence-corrected chi connectivity index (χ2v) is 12.4. The van der Waals surface area contributed by atoms with Crippen molar-refractivity contribution in [3.8, 4) is 0 Å². The van der Waals surface area contributed by atoms with Gasteiger partial charge in [0.25, 0.3) is 0 Å². The van der Waals surface area contributed by atoms with Gasteiger partial charge >= 0.3 is 5.97 Å². The standard InChI is InChI=1S/C15H25N3O3Si/c1-14(2,3)22(4,5)21-12-8-6-7-9-15(12)10-11(17-18-16)13(19)20-15/h7,9,11-12H,6,8,10H2,1-5H3/t11-,12+,15+/m0/s1. The van der Waals surface area contributed by atoms with E-state index in [2.05, 4.69) is 43.9 Å². The van der Waals surface area contributed by atoms with Crippen molar-refractivity contribution in [3.05, 3.63) is 22.6 Å². The van der Waals surface area contributed by atoms with Crippen molar-refractivity contribution in [1.29, 1.82) is 0 Å². The lowest BCUT2D eigenvalue weighted by Gasteiger charge is -2.44. The highest BCUT2D eigenvalue weighted by atomic mass is 28.4. The van der Waals surface area contributed by atoms with Gasteiger partial charge < -0.3 is 9.16 Å². The Morgan fingerprint density at radius 3 is 2.77 bits per heavy atom. The molecular weight excluding hydrogens is 298 g/mol. The summed E-state index contributed by atoms with van der Waals surface area (Å²) in [6, 6.07) is -0.752. The van der Waals surface area contributed by atoms with Crippen LogP contribution in [0, 0.1) is 0 Å². The summed E-state index contributed by atoms with van der Waals surface area (Å²) < 4.78 is 12.2. The van der Waals surface area contributed by atoms with Crippen LogP contribution in [-0.2, 0) is 14.0 Å². The number of hydrogen-bond acceptors (Lipinski definition) is 4. The smallest absolute Gasteiger partial charge is 0.316 e. The lowest BCUT2D eigenvalue weighted by atomic mass is 9.85. The molecule has 0 amide bonds. The average molecular weight is 323 g/mol. The van der Waals surface area contributed by atoms with Gasteiger partial charge in [-0.05, 0) is 42.6 Å². The summed E-state index contributed by atoms with van der Waals surface area (Å²) >= 11 is 0. The number of carbonyl (C=O) groups is 1. The molecule has 1 heterocycles. The fourth-order valence-electron chi connectivity index (χ4n) is 2.71. The Balaban J connectivity index is 2.26. The molecule has 6 nitrogen and oxygen atoms in total. The zero-order chi connectivity index (χ0) is 16.6. The van der Waals surface area contributed by atoms with E-state index in [-0.39, 0.29) is 11.1 Å². The van der Waals surface area contributed by atoms with E-state index in [1.165, 1.54) is 0 Å². The van der Waals surface area contributed by atoms with Gasteiger partial charge in [-0.3, -0.25) is 4.79 Å². The van der Waals surface area contributed by atoms with Crippen molar-refractivity contribution in [2.75, 3.05) is 0 Å². The minimum atomic E-state index is -1.98. The SMILES string of the molecule is CC(C)(C)[Si](C)(C)O[C@@H]1CCC=C[C@@]12C[C@H](N=[N+]=[N-])C(=O)O2. The number of esters is 1. The van der Waals surface area contributed by atoms with Crippen molar-refractivity contribution in [3.63, 3.8) is 0 Å². The maximum absolute atomic E-state index is 12.0. The van der Waals surface area contributed by atoms with Crippen LogP contribution in [0.25, 0.3) is 10.4 Å². The van der Waals surface area contributed by atoms with Crippen LogP contribution in [0.5, 0.6) is 0 Å². The van der Waals surface area contributed by atoms with Crippen LogP contribution in [0.15, 0.2) is 17.3 Å². The van der Waals surface area contributed by atoms with E-state index < -0.39 is 25.9 Å². The van der Waals surface area contributed by atoms with Gasteiger partial charge in [-0.15, -0.1) is 0 Å². The number of rotatable bonds is 3. The highest BCUT2D eigenvalue weighted by Gasteiger charge is 2.53. The van der Waals surface area contributed by atoms with Gasteiger partial charge in [0.15, 0.2) is 13.9 Å². The Morgan fingerprint density at radius 1 is 1.50 bits per heavy atom. The topological polar surface area (TPSA) is 84.3 Å². The third-order valence-electron chi connectivity index (χ3n) is 5.05. The molecule has 1 aliphatic heterocycles. The first kappa shape index (κ1) is 17.1. The lowest BCUT2D eigenvalue weighted by Crippen LogP contribution is -2.52. The summed E-state index contributed by atoms with van der Waals surface area (Å²) in [5.41, 5.74) is 7.82. The Labute approximate surface area is 132 Å². The maximum Gasteiger partial charge on any atom is 0.316 e. The molecule has 0 N–H and O–H groups in total. The van der Waals surface area contributed by atoms with Gasteiger partial charge in [0.1, 0.15) is 6.04 Å². The van der Waals surface area contributed by atoms with E-state index in [9.17, 15) is 4.79 Å². The van der Waals surface area contributed by atoms with Crippen molar-refractivity contribution in [2.24, 2.45) is 5.11 Å². The monoisotopic (exact) mass is 323 g/mol. The number of nitrogens with zero attached hydrogens (tertiary/aromatic N) is 3. The van der Waals surface area contributed by atoms with Crippen LogP contribution in [0.1, 0.15) is 40.0 Å². The van der Waals surface area contributed by atoms with Crippen LogP contribution in [-0.4, -0.2) is 32.0 Å². The molecule has 2 aliphatic rings. The predicted octanol–water partition coefficient (Wildman–Crippen LogP) is 4.09. The summed E-state index contributed by atoms with van der Waals surface area (Å²) in [6.45, 7) is 11.0. The van der Waals surface area contributed by atoms with E-state index in [1.54, 1.807) is 0 Å². The highest BCUT2D eigenvalue weighted by molar-refractivity contribution is 6.74. The minimum Gasteiger partial charge on any atom is -0.452 e. The van der Waals surface area contributed by atoms with Gasteiger partial charge in [-0.1, -0.05) is 32.0 Å². The van der Waals surface area contributed by atoms with E-state index in [0.29, 0.717) is 6.42 Å². The number of hydrogen-bond donors (Lipinski definition) is 0. The largest absolute Gasteiger partial charge is 0.452 e. The molecule has 7 heteroatoms. The van der Waals surface area contributed by atoms with Crippen molar-refractivity contribution < 1.29 is 14.0 Å². The molecule has 1 fully saturated rings. The first-order chi connectivity index (χ1) is 10.1. The van der Waals surface area contributed by atoms with Gasteiger partial charge in [-0.2, -0.15) is 0 Å². The van der Waals surface area contributed by atoms with Crippen molar-refractivity contribution in [1.82, 2.24) is 0 Å². The van der Waals surface area contributed by atoms with Gasteiger partial charge in [0.05, 0.1) is 6.10 Å². The van der Waals surface area contributed by atoms with E-state index in [1.807, 2.05) is 12.2 Å². The molecule has 22 heavy (non-hydrogen) atoms. The van der Waals surface area contributed by atoms with Gasteiger partial charge in [-0.25, -0.2) is 0 Å². The zero-order valence-corrected chi connectivity index (χ0v) is 15.0. The van der Waals surface area contributed by atoms with Crippen LogP contribution in [0.3, 0.4) is 0 Å². The Kier molecular flexibility index (Phi) is 4.43. The maximum atomic E-state index is 12.0. The fraction of sp³-hybridized carbons (Fsp3) is 0.800. The molecular formula is C15H25N3O3Si. The first-order valence-corrected chi connectivity index (χ1v) is 10.6. The predicted molar refractivity (Wildman–Crippen MR) is 86.8 cm³/mol. The van der Waals surface area contributed by atoms with Crippen LogP contribution < -0.4 is 0 Å². The van der Waals surface area contributed by atoms with Crippen molar-refractivity contribution in [2.45, 2.75) is 75.9 Å². The Bertz CT molecular complexity index is 535. The molecule has 0 saturated carbocycles. The van der Waals surface area contributed by atoms with E-state index in [0.717, 1.165) is 12.8 Å². The Morgan fingerprint density at radius 2 is 2.18 bits per heavy atom. The molecule has 1 aliphatic carbocycles. The zero-order valence-electron chi connectivity index (χ0n) is 14.0. The number of allylic oxidation sites excluding steroid dienone is 1. The van der Waals surface area contributed by atoms with Gasteiger partial charge in [0, 0.05) is 11.3 Å². The van der Waals surface area contributed by atoms with Gasteiger partial charge in [0.2, 0.25) is 0 Å². The first-order valence-electron chi connectivity index (χ1n) is 7.74. The Hall–Kier alpha value is -1.30. The molecule has 0 aromatic heterocycles. The molecule has 3 atom stereocenters. The minimum absolute atomic E-state index is 0.0855. The number of carbonyl (C=O) groups excluding carboxylic acids is 1. The molecule has 2 rings (SSSR count). The third-order valence-corrected chi connectivity index (χ3v) is 9.54. The second kappa shape index (κ2) is 5.72. The molecule has 1 spiro atoms. The average Bonchev–Trinajstić information content (AvgIpc) is 2.69. The summed E-state index contributed by atoms with van der Waals surface area (Å²) in [5, 5.41) is 3.65. The molecule has 0 aromatic carbocycles. The normalized spacial score (nSPS) is 32.0. The molecule has 0 radical (unpaired) electrons. The summed E-state index contributed by atoms with van der Waals surface area (Å²) in [6.07, 6.45) is 5.88. The molecule has 0 aromatic rings. The van der Waals surface area contributed by atoms with Crippen LogP contribution in [0.4, 0.5) is 0 Å². The van der Waals surface area contributed by atoms with Crippen LogP contribution >= 0.6 is 0 Å².